The number of nitrogens with zero attached hydrogens (tertiary/aromatic N) is 3. The average Bonchev–Trinajstić information content (AvgIpc) is 0.669. The molecule has 0 atom stereocenters. The lowest BCUT2D eigenvalue weighted by atomic mass is 9.96. The van der Waals surface area contributed by atoms with E-state index in [0.717, 1.165) is 0 Å². The smallest absolute Gasteiger partial charge is 0.0626 e. The van der Waals surface area contributed by atoms with E-state index in [0.29, 0.717) is 0 Å². The largest absolute Gasteiger partial charge is 0.395 e. The van der Waals surface area contributed by atoms with Crippen LogP contribution < -0.4 is 5.73 Å². The Morgan fingerprint density at radius 1 is 0.738 bits per heavy atom. The van der Waals surface area contributed by atoms with Crippen LogP contribution in [-0.4, -0.2) is 91.0 Å². The zero-order valence-electron chi connectivity index (χ0n) is 64.8. The molecule has 1 heterocycles. The summed E-state index contributed by atoms with van der Waals surface area (Å²) in [5, 5.41) is 18.0. The van der Waals surface area contributed by atoms with E-state index in [1.807, 2.05) is 0 Å². The van der Waals surface area contributed by atoms with Gasteiger partial charge in [0.15, 0.2) is 0 Å². The first-order valence-electron chi connectivity index (χ1n) is 32.7. The Balaban J connectivity index is 0.000000373. The molecule has 1 aliphatic rings. The van der Waals surface area contributed by atoms with Gasteiger partial charge in [-0.15, -0.1) is 0 Å². The normalized spacial score (nSPS) is 36.2. The fraction of sp³-hybridized carbons (Fsp3) is 0.333. The standard InChI is InChI=1S/C18H22N2.C13H13N.C5H13NO2/c1-19-12-14-20(15-13-19)18(16-8-4-2-5-9-16)17-10-6-3-7-11-17;14-13(11-7-3-1-4-8-11)12-9-5-2-6-10-12;1-6(2-4-7)3-5-8/h2-11,18H,12-15H2,1H3;1-10,13H,14H2;7-8H,2-5H2,1H3/i1D3,2D,3D,4D,5D,6D,7D,8D,9D,10D,11D,12D2,13D2,14D2,15D2,18D;1D,2D,3D,4D,5D,6D,7D,8D,9D,10D,13D;1D3,2D2,3D2,4D2,5D2. The van der Waals surface area contributed by atoms with Crippen molar-refractivity contribution in [2.24, 2.45) is 5.73 Å². The molecule has 0 aliphatic carbocycles. The molecule has 4 aromatic carbocycles. The SMILES string of the molecule is [2H]C([2H])([2H])N(C([2H])([2H])C([2H])([2H])O)C([2H])([2H])C([2H])([2H])O.[2H]c1c([2H])c([2H])c(C([2H])(N)c2c([2H])c([2H])c([2H])c([2H])c2[2H])c([2H])c1[2H].[2H]c1c([2H])c([2H])c(C([2H])(c2c([2H])c([2H])c([2H])c([2H])c2[2H])N2C([2H])([2H])C([2H])([2H])N(C([2H])([2H])[2H])C([2H])([2H])C2([2H])[2H])c([2H])c1[2H]. The molecule has 6 nitrogen and oxygen atoms in total. The van der Waals surface area contributed by atoms with Crippen LogP contribution in [0.3, 0.4) is 0 Å². The van der Waals surface area contributed by atoms with E-state index in [9.17, 15) is 1.37 Å². The lowest BCUT2D eigenvalue weighted by molar-refractivity contribution is 0.127. The van der Waals surface area contributed by atoms with E-state index in [1.54, 1.807) is 0 Å². The van der Waals surface area contributed by atoms with E-state index >= 15 is 0 Å². The Hall–Kier alpha value is -3.36. The fourth-order valence-electron chi connectivity index (χ4n) is 2.48. The summed E-state index contributed by atoms with van der Waals surface area (Å²) in [6.45, 7) is -39.5. The minimum atomic E-state index is -4.20. The summed E-state index contributed by atoms with van der Waals surface area (Å²) in [7, 11) is 0. The minimum absolute atomic E-state index is 0.614. The second-order valence-electron chi connectivity index (χ2n) is 6.66. The molecular formula is C36H48N4O2. The van der Waals surface area contributed by atoms with Crippen molar-refractivity contribution in [3.05, 3.63) is 143 Å². The van der Waals surface area contributed by atoms with Crippen molar-refractivity contribution >= 4 is 0 Å². The summed E-state index contributed by atoms with van der Waals surface area (Å²) < 4.78 is 345. The molecule has 42 heavy (non-hydrogen) atoms. The van der Waals surface area contributed by atoms with Crippen molar-refractivity contribution in [1.29, 1.82) is 0 Å². The van der Waals surface area contributed by atoms with E-state index in [4.69, 9.17) is 74.9 Å². The van der Waals surface area contributed by atoms with Gasteiger partial charge in [0.25, 0.3) is 0 Å². The maximum absolute atomic E-state index is 9.49. The van der Waals surface area contributed by atoms with E-state index < -0.39 is 236 Å². The van der Waals surface area contributed by atoms with Crippen LogP contribution >= 0.6 is 0 Å². The van der Waals surface area contributed by atoms with Crippen molar-refractivity contribution in [3.63, 3.8) is 0 Å². The highest BCUT2D eigenvalue weighted by molar-refractivity contribution is 5.32. The number of piperazine rings is 1. The third-order valence-electron chi connectivity index (χ3n) is 4.11. The Morgan fingerprint density at radius 3 is 1.45 bits per heavy atom. The predicted octanol–water partition coefficient (Wildman–Crippen LogP) is 4.66. The monoisotopic (exact) mass is 613 g/mol. The van der Waals surface area contributed by atoms with Gasteiger partial charge in [-0.05, 0) is 36.2 Å². The summed E-state index contributed by atoms with van der Waals surface area (Å²) in [5.41, 5.74) is 1.69. The van der Waals surface area contributed by atoms with Crippen LogP contribution in [0, 0.1) is 0 Å². The highest BCUT2D eigenvalue weighted by atomic mass is 16.3. The van der Waals surface area contributed by atoms with Gasteiger partial charge in [0.05, 0.1) is 60.8 Å². The summed E-state index contributed by atoms with van der Waals surface area (Å²) in [5.74, 6) is 0. The molecule has 0 amide bonds. The van der Waals surface area contributed by atoms with Crippen LogP contribution in [0.25, 0.3) is 0 Å². The third kappa shape index (κ3) is 11.1. The molecule has 0 saturated carbocycles. The number of rotatable bonds is 9. The molecule has 1 aliphatic heterocycles. The van der Waals surface area contributed by atoms with Gasteiger partial charge in [-0.1, -0.05) is 121 Å². The number of likely N-dealkylation sites (N-methyl/N-ethyl adjacent to an activating group) is 2. The van der Waals surface area contributed by atoms with Gasteiger partial charge in [-0.2, -0.15) is 0 Å². The topological polar surface area (TPSA) is 76.2 Å². The molecule has 4 aromatic rings. The maximum atomic E-state index is 9.49. The number of benzene rings is 4. The van der Waals surface area contributed by atoms with Crippen LogP contribution in [0.2, 0.25) is 0 Å². The van der Waals surface area contributed by atoms with Crippen LogP contribution in [0.5, 0.6) is 0 Å². The molecule has 1 fully saturated rings. The highest BCUT2D eigenvalue weighted by Crippen LogP contribution is 2.29. The van der Waals surface area contributed by atoms with Gasteiger partial charge >= 0.3 is 0 Å². The maximum Gasteiger partial charge on any atom is 0.0626 e. The molecular weight excluding hydrogens is 520 g/mol. The van der Waals surface area contributed by atoms with Gasteiger partial charge < -0.3 is 25.7 Å². The van der Waals surface area contributed by atoms with Gasteiger partial charge in [0.1, 0.15) is 0 Å². The number of nitrogens with two attached hydrogens (primary N) is 1. The second-order valence-corrected chi connectivity index (χ2v) is 6.66. The lowest BCUT2D eigenvalue weighted by Gasteiger charge is -2.38. The Bertz CT molecular complexity index is 2990. The Kier molecular flexibility index (Phi) is 3.45. The van der Waals surface area contributed by atoms with Gasteiger partial charge in [0, 0.05) is 63.7 Å². The van der Waals surface area contributed by atoms with E-state index in [1.165, 1.54) is 0 Å². The summed E-state index contributed by atoms with van der Waals surface area (Å²) >= 11 is 0. The van der Waals surface area contributed by atoms with Gasteiger partial charge in [-0.25, -0.2) is 0 Å². The van der Waals surface area contributed by atoms with Crippen molar-refractivity contribution < 1.29 is 70.5 Å². The Morgan fingerprint density at radius 2 is 1.12 bits per heavy atom. The quantitative estimate of drug-likeness (QED) is 0.255. The van der Waals surface area contributed by atoms with E-state index in [2.05, 4.69) is 0 Å². The van der Waals surface area contributed by atoms with Crippen LogP contribution in [-0.2, 0) is 0 Å². The second kappa shape index (κ2) is 18.9. The van der Waals surface area contributed by atoms with Crippen LogP contribution in [0.1, 0.15) is 94.6 Å². The van der Waals surface area contributed by atoms with Crippen molar-refractivity contribution in [2.75, 3.05) is 66.1 Å². The van der Waals surface area contributed by atoms with Crippen molar-refractivity contribution in [3.8, 4) is 0 Å². The summed E-state index contributed by atoms with van der Waals surface area (Å²) in [6.07, 6.45) is 0. The molecule has 6 heteroatoms. The molecule has 0 aromatic heterocycles. The number of hydrogen-bond acceptors (Lipinski definition) is 6. The zero-order chi connectivity index (χ0) is 68.6. The fourth-order valence-corrected chi connectivity index (χ4v) is 2.48. The molecule has 0 bridgehead atoms. The molecule has 1 saturated heterocycles. The van der Waals surface area contributed by atoms with Crippen molar-refractivity contribution in [1.82, 2.24) is 14.7 Å². The summed E-state index contributed by atoms with van der Waals surface area (Å²) in [6, 6.07) is -26.3. The number of aliphatic hydroxyl groups is 2. The zero-order valence-corrected chi connectivity index (χ0v) is 20.8. The minimum Gasteiger partial charge on any atom is -0.395 e. The lowest BCUT2D eigenvalue weighted by Crippen LogP contribution is -2.46. The first-order valence-corrected chi connectivity index (χ1v) is 10.7. The molecule has 0 spiro atoms. The predicted molar refractivity (Wildman–Crippen MR) is 174 cm³/mol. The molecule has 0 radical (unpaired) electrons. The number of hydrogen-bond donors (Lipinski definition) is 3. The highest BCUT2D eigenvalue weighted by Gasteiger charge is 2.24. The molecule has 0 unspecified atom stereocenters. The van der Waals surface area contributed by atoms with Gasteiger partial charge in [0.2, 0.25) is 0 Å². The van der Waals surface area contributed by atoms with E-state index in [-0.39, 0.29) is 0 Å². The van der Waals surface area contributed by atoms with Crippen molar-refractivity contribution in [2.45, 2.75) is 12.0 Å². The first kappa shape index (κ1) is 7.64. The molecule has 224 valence electrons. The molecule has 5 rings (SSSR count). The average molecular weight is 613 g/mol. The summed E-state index contributed by atoms with van der Waals surface area (Å²) in [4.78, 5) is -2.20. The third-order valence-corrected chi connectivity index (χ3v) is 4.11. The molecule has 4 N–H and O–H groups in total. The Labute approximate surface area is 314 Å². The van der Waals surface area contributed by atoms with Crippen LogP contribution in [0.4, 0.5) is 0 Å². The first-order chi connectivity index (χ1) is 37.8. The van der Waals surface area contributed by atoms with Gasteiger partial charge in [-0.3, -0.25) is 4.90 Å². The van der Waals surface area contributed by atoms with Crippen LogP contribution in [0.15, 0.2) is 121 Å².